The van der Waals surface area contributed by atoms with E-state index in [1.165, 1.54) is 9.27 Å². The molecule has 0 unspecified atom stereocenters. The predicted molar refractivity (Wildman–Crippen MR) is 116 cm³/mol. The molecule has 0 radical (unpaired) electrons. The molecule has 0 bridgehead atoms. The maximum atomic E-state index is 12.7. The van der Waals surface area contributed by atoms with Crippen molar-refractivity contribution in [2.45, 2.75) is 39.5 Å². The number of nitrogens with one attached hydrogen (secondary N) is 1. The highest BCUT2D eigenvalue weighted by atomic mass is 32.3. The van der Waals surface area contributed by atoms with E-state index >= 15 is 0 Å². The van der Waals surface area contributed by atoms with Gasteiger partial charge < -0.3 is 0 Å². The first kappa shape index (κ1) is 21.6. The van der Waals surface area contributed by atoms with E-state index in [0.29, 0.717) is 6.54 Å². The lowest BCUT2D eigenvalue weighted by molar-refractivity contribution is 0.499. The topological polar surface area (TPSA) is 61.8 Å². The molecule has 2 aromatic rings. The summed E-state index contributed by atoms with van der Waals surface area (Å²) in [4.78, 5) is 4.45. The van der Waals surface area contributed by atoms with Crippen LogP contribution in [0.25, 0.3) is 0 Å². The fourth-order valence-electron chi connectivity index (χ4n) is 2.56. The van der Waals surface area contributed by atoms with Gasteiger partial charge in [0.15, 0.2) is 0 Å². The summed E-state index contributed by atoms with van der Waals surface area (Å²) in [6.07, 6.45) is 1.76. The van der Waals surface area contributed by atoms with E-state index < -0.39 is 10.0 Å². The molecule has 0 spiro atoms. The third kappa shape index (κ3) is 6.77. The first-order chi connectivity index (χ1) is 12.8. The van der Waals surface area contributed by atoms with Gasteiger partial charge in [0.2, 0.25) is 10.0 Å². The summed E-state index contributed by atoms with van der Waals surface area (Å²) in [5.74, 6) is -0.0165. The Morgan fingerprint density at radius 2 is 1.85 bits per heavy atom. The molecule has 0 aliphatic rings. The van der Waals surface area contributed by atoms with E-state index in [4.69, 9.17) is 0 Å². The van der Waals surface area contributed by atoms with Crippen LogP contribution in [-0.4, -0.2) is 30.9 Å². The molecule has 146 valence electrons. The number of hydrogen-bond acceptors (Lipinski definition) is 5. The molecule has 0 saturated heterocycles. The molecule has 0 atom stereocenters. The first-order valence-corrected chi connectivity index (χ1v) is 11.2. The molecule has 7 heteroatoms. The van der Waals surface area contributed by atoms with Gasteiger partial charge >= 0.3 is 0 Å². The van der Waals surface area contributed by atoms with Crippen molar-refractivity contribution in [2.24, 2.45) is 4.99 Å². The Labute approximate surface area is 167 Å². The highest BCUT2D eigenvalue weighted by molar-refractivity contribution is 8.07. The molecule has 0 aliphatic carbocycles. The molecule has 2 aromatic carbocycles. The van der Waals surface area contributed by atoms with Crippen molar-refractivity contribution in [2.75, 3.05) is 6.54 Å². The molecular formula is C20H27N3O2S2. The fraction of sp³-hybridized carbons (Fsp3) is 0.350. The second-order valence-electron chi connectivity index (χ2n) is 6.63. The van der Waals surface area contributed by atoms with Gasteiger partial charge in [-0.25, -0.2) is 13.1 Å². The Hall–Kier alpha value is -1.67. The Balaban J connectivity index is 1.93. The van der Waals surface area contributed by atoms with E-state index in [0.717, 1.165) is 28.9 Å². The van der Waals surface area contributed by atoms with Gasteiger partial charge in [0, 0.05) is 30.9 Å². The molecular weight excluding hydrogens is 378 g/mol. The molecule has 0 saturated carbocycles. The normalized spacial score (nSPS) is 12.4. The lowest BCUT2D eigenvalue weighted by atomic mass is 10.1. The molecule has 0 heterocycles. The van der Waals surface area contributed by atoms with Crippen LogP contribution in [0.4, 0.5) is 5.69 Å². The summed E-state index contributed by atoms with van der Waals surface area (Å²) in [5, 5.41) is 0. The van der Waals surface area contributed by atoms with Crippen LogP contribution in [0.1, 0.15) is 30.5 Å². The molecule has 0 fully saturated rings. The van der Waals surface area contributed by atoms with Crippen LogP contribution >= 0.6 is 12.1 Å². The summed E-state index contributed by atoms with van der Waals surface area (Å²) in [5.41, 5.74) is 4.02. The molecule has 5 nitrogen and oxygen atoms in total. The Bertz CT molecular complexity index is 866. The largest absolute Gasteiger partial charge is 0.260 e. The molecule has 27 heavy (non-hydrogen) atoms. The van der Waals surface area contributed by atoms with E-state index in [1.807, 2.05) is 63.2 Å². The van der Waals surface area contributed by atoms with Gasteiger partial charge in [-0.15, -0.1) is 3.71 Å². The van der Waals surface area contributed by atoms with Crippen molar-refractivity contribution in [1.82, 2.24) is 8.43 Å². The van der Waals surface area contributed by atoms with Gasteiger partial charge in [-0.2, -0.15) is 0 Å². The first-order valence-electron chi connectivity index (χ1n) is 8.85. The van der Waals surface area contributed by atoms with Gasteiger partial charge in [0.05, 0.1) is 11.4 Å². The Morgan fingerprint density at radius 1 is 1.15 bits per heavy atom. The third-order valence-corrected chi connectivity index (χ3v) is 7.27. The summed E-state index contributed by atoms with van der Waals surface area (Å²) in [6, 6.07) is 15.2. The lowest BCUT2D eigenvalue weighted by Crippen LogP contribution is -2.35. The highest BCUT2D eigenvalue weighted by Gasteiger charge is 2.26. The Morgan fingerprint density at radius 3 is 2.48 bits per heavy atom. The van der Waals surface area contributed by atoms with Crippen molar-refractivity contribution in [1.29, 1.82) is 0 Å². The van der Waals surface area contributed by atoms with E-state index in [9.17, 15) is 8.42 Å². The zero-order valence-electron chi connectivity index (χ0n) is 16.2. The number of benzene rings is 2. The molecule has 2 rings (SSSR count). The maximum absolute atomic E-state index is 12.7. The van der Waals surface area contributed by atoms with Gasteiger partial charge in [-0.05, 0) is 44.9 Å². The standard InChI is InChI=1S/C20H27N3O2S2/c1-16(2)23(27(24,25)15-19-8-6-5-7-9-19)26-22-13-12-21-20-11-10-17(3)14-18(20)4/h5-12,14,16,22H,13,15H2,1-4H3. The SMILES string of the molecule is Cc1ccc(N=CCNSN(C(C)C)S(=O)(=O)Cc2ccccc2)c(C)c1. The number of hydrogen-bond donors (Lipinski definition) is 1. The van der Waals surface area contributed by atoms with Gasteiger partial charge in [-0.1, -0.05) is 48.0 Å². The van der Waals surface area contributed by atoms with E-state index in [-0.39, 0.29) is 11.8 Å². The summed E-state index contributed by atoms with van der Waals surface area (Å²) >= 11 is 1.10. The summed E-state index contributed by atoms with van der Waals surface area (Å²) in [6.45, 7) is 8.26. The molecule has 0 aromatic heterocycles. The Kier molecular flexibility index (Phi) is 8.04. The molecule has 1 N–H and O–H groups in total. The lowest BCUT2D eigenvalue weighted by Gasteiger charge is -2.24. The second kappa shape index (κ2) is 10.0. The molecule has 0 amide bonds. The van der Waals surface area contributed by atoms with Crippen molar-refractivity contribution >= 4 is 34.1 Å². The van der Waals surface area contributed by atoms with Crippen molar-refractivity contribution in [3.8, 4) is 0 Å². The zero-order chi connectivity index (χ0) is 19.9. The van der Waals surface area contributed by atoms with Crippen molar-refractivity contribution in [3.05, 3.63) is 65.2 Å². The van der Waals surface area contributed by atoms with Crippen LogP contribution in [0.15, 0.2) is 53.5 Å². The fourth-order valence-corrected chi connectivity index (χ4v) is 5.21. The van der Waals surface area contributed by atoms with Gasteiger partial charge in [0.25, 0.3) is 0 Å². The van der Waals surface area contributed by atoms with E-state index in [2.05, 4.69) is 22.7 Å². The minimum absolute atomic E-state index is 0.0165. The number of nitrogens with zero attached hydrogens (tertiary/aromatic N) is 2. The van der Waals surface area contributed by atoms with Crippen molar-refractivity contribution < 1.29 is 8.42 Å². The molecule has 0 aliphatic heterocycles. The quantitative estimate of drug-likeness (QED) is 0.382. The minimum atomic E-state index is -3.44. The van der Waals surface area contributed by atoms with Gasteiger partial charge in [-0.3, -0.25) is 4.99 Å². The van der Waals surface area contributed by atoms with Crippen LogP contribution in [-0.2, 0) is 15.8 Å². The zero-order valence-corrected chi connectivity index (χ0v) is 17.8. The average molecular weight is 406 g/mol. The predicted octanol–water partition coefficient (Wildman–Crippen LogP) is 4.40. The summed E-state index contributed by atoms with van der Waals surface area (Å²) in [7, 11) is -3.44. The third-order valence-electron chi connectivity index (χ3n) is 3.80. The number of aryl methyl sites for hydroxylation is 2. The van der Waals surface area contributed by atoms with Crippen LogP contribution in [0, 0.1) is 13.8 Å². The average Bonchev–Trinajstić information content (AvgIpc) is 2.59. The minimum Gasteiger partial charge on any atom is -0.260 e. The maximum Gasteiger partial charge on any atom is 0.228 e. The van der Waals surface area contributed by atoms with Crippen LogP contribution < -0.4 is 4.72 Å². The van der Waals surface area contributed by atoms with Crippen LogP contribution in [0.2, 0.25) is 0 Å². The summed E-state index contributed by atoms with van der Waals surface area (Å²) < 4.78 is 30.0. The number of rotatable bonds is 9. The van der Waals surface area contributed by atoms with Gasteiger partial charge in [0.1, 0.15) is 0 Å². The van der Waals surface area contributed by atoms with Crippen molar-refractivity contribution in [3.63, 3.8) is 0 Å². The number of aliphatic imine (C=N–C) groups is 1. The second-order valence-corrected chi connectivity index (χ2v) is 9.57. The monoisotopic (exact) mass is 405 g/mol. The number of sulfonamides is 1. The van der Waals surface area contributed by atoms with Crippen LogP contribution in [0.3, 0.4) is 0 Å². The van der Waals surface area contributed by atoms with E-state index in [1.54, 1.807) is 6.21 Å². The smallest absolute Gasteiger partial charge is 0.228 e. The highest BCUT2D eigenvalue weighted by Crippen LogP contribution is 2.21. The van der Waals surface area contributed by atoms with Crippen LogP contribution in [0.5, 0.6) is 0 Å².